The zero-order chi connectivity index (χ0) is 15.7. The summed E-state index contributed by atoms with van der Waals surface area (Å²) in [4.78, 5) is 25.4. The van der Waals surface area contributed by atoms with Gasteiger partial charge in [-0.3, -0.25) is 9.59 Å². The van der Waals surface area contributed by atoms with Crippen molar-refractivity contribution in [1.82, 2.24) is 10.2 Å². The molecule has 0 aliphatic carbocycles. The van der Waals surface area contributed by atoms with Gasteiger partial charge >= 0.3 is 0 Å². The first kappa shape index (κ1) is 20.4. The van der Waals surface area contributed by atoms with Crippen molar-refractivity contribution in [2.75, 3.05) is 19.6 Å². The molecule has 6 heteroatoms. The molecule has 0 aromatic heterocycles. The first-order chi connectivity index (χ1) is 10.1. The van der Waals surface area contributed by atoms with Crippen molar-refractivity contribution in [3.05, 3.63) is 35.9 Å². The third-order valence-electron chi connectivity index (χ3n) is 3.44. The molecule has 3 N–H and O–H groups in total. The maximum atomic E-state index is 12.4. The molecule has 5 nitrogen and oxygen atoms in total. The molecule has 1 aromatic carbocycles. The van der Waals surface area contributed by atoms with Crippen LogP contribution in [0.2, 0.25) is 0 Å². The lowest BCUT2D eigenvalue weighted by Crippen LogP contribution is -2.43. The second kappa shape index (κ2) is 11.0. The zero-order valence-corrected chi connectivity index (χ0v) is 14.1. The van der Waals surface area contributed by atoms with Gasteiger partial charge in [0.05, 0.1) is 19.1 Å². The van der Waals surface area contributed by atoms with Crippen LogP contribution >= 0.6 is 12.4 Å². The van der Waals surface area contributed by atoms with Crippen molar-refractivity contribution in [2.24, 2.45) is 5.73 Å². The predicted octanol–water partition coefficient (Wildman–Crippen LogP) is 1.87. The first-order valence-corrected chi connectivity index (χ1v) is 7.41. The Bertz CT molecular complexity index is 454. The number of unbranched alkanes of at least 4 members (excludes halogenated alkanes) is 1. The molecule has 1 unspecified atom stereocenters. The molecule has 0 saturated heterocycles. The maximum absolute atomic E-state index is 12.4. The fourth-order valence-electron chi connectivity index (χ4n) is 2.12. The van der Waals surface area contributed by atoms with Gasteiger partial charge in [-0.15, -0.1) is 12.4 Å². The molecular weight excluding hydrogens is 302 g/mol. The number of nitrogens with two attached hydrogens (primary N) is 1. The quantitative estimate of drug-likeness (QED) is 0.765. The van der Waals surface area contributed by atoms with E-state index in [9.17, 15) is 9.59 Å². The molecule has 22 heavy (non-hydrogen) atoms. The third kappa shape index (κ3) is 6.45. The van der Waals surface area contributed by atoms with E-state index in [4.69, 9.17) is 5.73 Å². The predicted molar refractivity (Wildman–Crippen MR) is 90.8 cm³/mol. The Morgan fingerprint density at radius 2 is 1.91 bits per heavy atom. The standard InChI is InChI=1S/C16H25N3O2.ClH/c1-3-4-10-19(16(21)12-18-15(20)11-17)13(2)14-8-6-5-7-9-14;/h5-9,13H,3-4,10-12,17H2,1-2H3,(H,18,20);1H. The Morgan fingerprint density at radius 3 is 2.45 bits per heavy atom. The van der Waals surface area contributed by atoms with Gasteiger partial charge in [0.2, 0.25) is 11.8 Å². The monoisotopic (exact) mass is 327 g/mol. The second-order valence-corrected chi connectivity index (χ2v) is 5.01. The maximum Gasteiger partial charge on any atom is 0.242 e. The number of rotatable bonds is 8. The van der Waals surface area contributed by atoms with Gasteiger partial charge in [-0.25, -0.2) is 0 Å². The van der Waals surface area contributed by atoms with Gasteiger partial charge in [-0.05, 0) is 18.9 Å². The minimum Gasteiger partial charge on any atom is -0.346 e. The lowest BCUT2D eigenvalue weighted by Gasteiger charge is -2.30. The summed E-state index contributed by atoms with van der Waals surface area (Å²) in [6.45, 7) is 4.68. The summed E-state index contributed by atoms with van der Waals surface area (Å²) in [5.74, 6) is -0.396. The number of carbonyl (C=O) groups is 2. The molecule has 0 heterocycles. The lowest BCUT2D eigenvalue weighted by atomic mass is 10.1. The van der Waals surface area contributed by atoms with E-state index in [1.807, 2.05) is 42.2 Å². The number of nitrogens with one attached hydrogen (secondary N) is 1. The third-order valence-corrected chi connectivity index (χ3v) is 3.44. The largest absolute Gasteiger partial charge is 0.346 e. The highest BCUT2D eigenvalue weighted by Crippen LogP contribution is 2.20. The summed E-state index contributed by atoms with van der Waals surface area (Å²) < 4.78 is 0. The van der Waals surface area contributed by atoms with Crippen LogP contribution in [0.5, 0.6) is 0 Å². The van der Waals surface area contributed by atoms with Gasteiger partial charge in [-0.2, -0.15) is 0 Å². The Labute approximate surface area is 138 Å². The van der Waals surface area contributed by atoms with E-state index >= 15 is 0 Å². The van der Waals surface area contributed by atoms with Crippen LogP contribution in [-0.4, -0.2) is 36.3 Å². The molecule has 0 aliphatic heterocycles. The summed E-state index contributed by atoms with van der Waals surface area (Å²) in [5.41, 5.74) is 6.32. The summed E-state index contributed by atoms with van der Waals surface area (Å²) >= 11 is 0. The fraction of sp³-hybridized carbons (Fsp3) is 0.500. The van der Waals surface area contributed by atoms with Crippen LogP contribution in [0.25, 0.3) is 0 Å². The molecule has 1 aromatic rings. The number of halogens is 1. The van der Waals surface area contributed by atoms with E-state index in [2.05, 4.69) is 12.2 Å². The second-order valence-electron chi connectivity index (χ2n) is 5.01. The number of hydrogen-bond acceptors (Lipinski definition) is 3. The molecule has 124 valence electrons. The summed E-state index contributed by atoms with van der Waals surface area (Å²) in [7, 11) is 0. The average Bonchev–Trinajstić information content (AvgIpc) is 2.53. The van der Waals surface area contributed by atoms with E-state index in [0.717, 1.165) is 18.4 Å². The minimum atomic E-state index is -0.314. The molecule has 0 bridgehead atoms. The smallest absolute Gasteiger partial charge is 0.242 e. The molecule has 0 fully saturated rings. The van der Waals surface area contributed by atoms with Crippen LogP contribution < -0.4 is 11.1 Å². The number of nitrogens with zero attached hydrogens (tertiary/aromatic N) is 1. The Morgan fingerprint density at radius 1 is 1.27 bits per heavy atom. The zero-order valence-electron chi connectivity index (χ0n) is 13.2. The Balaban J connectivity index is 0.00000441. The number of benzene rings is 1. The van der Waals surface area contributed by atoms with Gasteiger partial charge < -0.3 is 16.0 Å². The van der Waals surface area contributed by atoms with Crippen molar-refractivity contribution in [2.45, 2.75) is 32.7 Å². The van der Waals surface area contributed by atoms with Crippen molar-refractivity contribution in [1.29, 1.82) is 0 Å². The van der Waals surface area contributed by atoms with E-state index in [1.54, 1.807) is 0 Å². The van der Waals surface area contributed by atoms with Crippen LogP contribution in [-0.2, 0) is 9.59 Å². The molecule has 0 spiro atoms. The molecular formula is C16H26ClN3O2. The summed E-state index contributed by atoms with van der Waals surface area (Å²) in [6.07, 6.45) is 1.95. The van der Waals surface area contributed by atoms with Gasteiger partial charge in [0.25, 0.3) is 0 Å². The number of hydrogen-bond donors (Lipinski definition) is 2. The van der Waals surface area contributed by atoms with Crippen LogP contribution in [0.15, 0.2) is 30.3 Å². The minimum absolute atomic E-state index is 0. The van der Waals surface area contributed by atoms with Crippen LogP contribution in [0.4, 0.5) is 0 Å². The Kier molecular flexibility index (Phi) is 10.2. The molecule has 0 radical (unpaired) electrons. The van der Waals surface area contributed by atoms with Crippen molar-refractivity contribution in [3.8, 4) is 0 Å². The lowest BCUT2D eigenvalue weighted by molar-refractivity contribution is -0.134. The van der Waals surface area contributed by atoms with Crippen LogP contribution in [0.1, 0.15) is 38.3 Å². The van der Waals surface area contributed by atoms with E-state index < -0.39 is 0 Å². The summed E-state index contributed by atoms with van der Waals surface area (Å²) in [5, 5.41) is 2.54. The van der Waals surface area contributed by atoms with Crippen molar-refractivity contribution in [3.63, 3.8) is 0 Å². The first-order valence-electron chi connectivity index (χ1n) is 7.41. The SMILES string of the molecule is CCCCN(C(=O)CNC(=O)CN)C(C)c1ccccc1.Cl. The van der Waals surface area contributed by atoms with Crippen LogP contribution in [0, 0.1) is 0 Å². The normalized spacial score (nSPS) is 11.2. The van der Waals surface area contributed by atoms with E-state index in [1.165, 1.54) is 0 Å². The number of amides is 2. The molecule has 1 atom stereocenters. The Hall–Kier alpha value is -1.59. The van der Waals surface area contributed by atoms with Gasteiger partial charge in [0.15, 0.2) is 0 Å². The molecule has 0 saturated carbocycles. The molecule has 2 amide bonds. The van der Waals surface area contributed by atoms with Crippen molar-refractivity contribution < 1.29 is 9.59 Å². The molecule has 1 rings (SSSR count). The highest BCUT2D eigenvalue weighted by atomic mass is 35.5. The van der Waals surface area contributed by atoms with E-state index in [0.29, 0.717) is 6.54 Å². The summed E-state index contributed by atoms with van der Waals surface area (Å²) in [6, 6.07) is 9.88. The van der Waals surface area contributed by atoms with Gasteiger partial charge in [-0.1, -0.05) is 43.7 Å². The highest BCUT2D eigenvalue weighted by molar-refractivity contribution is 5.86. The van der Waals surface area contributed by atoms with Gasteiger partial charge in [0, 0.05) is 6.54 Å². The highest BCUT2D eigenvalue weighted by Gasteiger charge is 2.20. The topological polar surface area (TPSA) is 75.4 Å². The fourth-order valence-corrected chi connectivity index (χ4v) is 2.12. The van der Waals surface area contributed by atoms with E-state index in [-0.39, 0.29) is 43.4 Å². The van der Waals surface area contributed by atoms with Gasteiger partial charge in [0.1, 0.15) is 0 Å². The average molecular weight is 328 g/mol. The van der Waals surface area contributed by atoms with Crippen molar-refractivity contribution >= 4 is 24.2 Å². The van der Waals surface area contributed by atoms with Crippen LogP contribution in [0.3, 0.4) is 0 Å². The molecule has 0 aliphatic rings. The number of carbonyl (C=O) groups excluding carboxylic acids is 2.